The first-order valence-corrected chi connectivity index (χ1v) is 13.3. The molecular formula is C30H44O3. The third-order valence-electron chi connectivity index (χ3n) is 6.86. The summed E-state index contributed by atoms with van der Waals surface area (Å²) in [5.41, 5.74) is 3.49. The largest absolute Gasteiger partial charge is 0.494 e. The summed E-state index contributed by atoms with van der Waals surface area (Å²) in [6.07, 6.45) is 11.1. The molecule has 0 amide bonds. The van der Waals surface area contributed by atoms with Crippen molar-refractivity contribution < 1.29 is 14.2 Å². The second kappa shape index (κ2) is 14.4. The minimum atomic E-state index is -0.234. The van der Waals surface area contributed by atoms with Crippen molar-refractivity contribution in [2.24, 2.45) is 11.8 Å². The molecule has 0 aliphatic carbocycles. The average Bonchev–Trinajstić information content (AvgIpc) is 2.87. The summed E-state index contributed by atoms with van der Waals surface area (Å²) >= 11 is 0. The van der Waals surface area contributed by atoms with Crippen LogP contribution < -0.4 is 4.74 Å². The van der Waals surface area contributed by atoms with E-state index in [0.717, 1.165) is 43.5 Å². The first kappa shape index (κ1) is 25.8. The van der Waals surface area contributed by atoms with E-state index in [2.05, 4.69) is 69.3 Å². The van der Waals surface area contributed by atoms with E-state index in [1.165, 1.54) is 62.5 Å². The second-order valence-corrected chi connectivity index (χ2v) is 9.72. The summed E-state index contributed by atoms with van der Waals surface area (Å²) in [6.45, 7) is 9.26. The van der Waals surface area contributed by atoms with E-state index >= 15 is 0 Å². The van der Waals surface area contributed by atoms with Gasteiger partial charge in [-0.05, 0) is 42.0 Å². The maximum atomic E-state index is 6.01. The average molecular weight is 453 g/mol. The minimum Gasteiger partial charge on any atom is -0.494 e. The molecule has 1 aliphatic heterocycles. The van der Waals surface area contributed by atoms with Gasteiger partial charge in [-0.2, -0.15) is 0 Å². The van der Waals surface area contributed by atoms with Gasteiger partial charge in [-0.15, -0.1) is 0 Å². The Balaban J connectivity index is 1.40. The number of ether oxygens (including phenoxy) is 3. The molecule has 1 fully saturated rings. The standard InChI is InChI=1S/C30H44O3/c1-4-6-8-12-25-22-32-30(33-23-25)28-15-13-26(14-16-28)27-17-19-29(20-18-27)31-21-10-7-9-11-24(3)5-2/h13-20,24-25,30H,4-12,21-23H2,1-3H3. The smallest absolute Gasteiger partial charge is 0.183 e. The normalized spacial score (nSPS) is 19.4. The first-order valence-electron chi connectivity index (χ1n) is 13.3. The monoisotopic (exact) mass is 452 g/mol. The molecule has 0 radical (unpaired) electrons. The van der Waals surface area contributed by atoms with E-state index in [1.807, 2.05) is 0 Å². The number of unbranched alkanes of at least 4 members (excludes halogenated alkanes) is 4. The van der Waals surface area contributed by atoms with Crippen LogP contribution in [0.3, 0.4) is 0 Å². The lowest BCUT2D eigenvalue weighted by molar-refractivity contribution is -0.206. The van der Waals surface area contributed by atoms with Gasteiger partial charge < -0.3 is 14.2 Å². The molecule has 3 heteroatoms. The molecule has 1 unspecified atom stereocenters. The molecular weight excluding hydrogens is 408 g/mol. The van der Waals surface area contributed by atoms with Crippen molar-refractivity contribution in [2.45, 2.75) is 84.8 Å². The summed E-state index contributed by atoms with van der Waals surface area (Å²) in [7, 11) is 0. The highest BCUT2D eigenvalue weighted by Crippen LogP contribution is 2.29. The van der Waals surface area contributed by atoms with Crippen molar-refractivity contribution in [3.05, 3.63) is 54.1 Å². The van der Waals surface area contributed by atoms with Crippen molar-refractivity contribution in [1.82, 2.24) is 0 Å². The van der Waals surface area contributed by atoms with E-state index < -0.39 is 0 Å². The van der Waals surface area contributed by atoms with Gasteiger partial charge in [0.05, 0.1) is 19.8 Å². The Morgan fingerprint density at radius 1 is 0.818 bits per heavy atom. The molecule has 0 bridgehead atoms. The lowest BCUT2D eigenvalue weighted by Crippen LogP contribution is -2.27. The fourth-order valence-corrected chi connectivity index (χ4v) is 4.33. The Kier molecular flexibility index (Phi) is 11.3. The molecule has 1 heterocycles. The van der Waals surface area contributed by atoms with Crippen molar-refractivity contribution in [3.63, 3.8) is 0 Å². The van der Waals surface area contributed by atoms with Crippen LogP contribution >= 0.6 is 0 Å². The summed E-state index contributed by atoms with van der Waals surface area (Å²) in [5.74, 6) is 2.34. The Morgan fingerprint density at radius 2 is 1.48 bits per heavy atom. The van der Waals surface area contributed by atoms with E-state index in [9.17, 15) is 0 Å². The van der Waals surface area contributed by atoms with E-state index in [1.54, 1.807) is 0 Å². The maximum Gasteiger partial charge on any atom is 0.183 e. The van der Waals surface area contributed by atoms with E-state index in [-0.39, 0.29) is 6.29 Å². The summed E-state index contributed by atoms with van der Waals surface area (Å²) in [5, 5.41) is 0. The van der Waals surface area contributed by atoms with Crippen LogP contribution in [0.25, 0.3) is 11.1 Å². The molecule has 1 atom stereocenters. The van der Waals surface area contributed by atoms with E-state index in [4.69, 9.17) is 14.2 Å². The van der Waals surface area contributed by atoms with Crippen LogP contribution in [-0.2, 0) is 9.47 Å². The quantitative estimate of drug-likeness (QED) is 0.269. The predicted molar refractivity (Wildman–Crippen MR) is 138 cm³/mol. The number of hydrogen-bond acceptors (Lipinski definition) is 3. The molecule has 2 aromatic carbocycles. The van der Waals surface area contributed by atoms with Gasteiger partial charge in [0.15, 0.2) is 6.29 Å². The van der Waals surface area contributed by atoms with Crippen LogP contribution in [0.5, 0.6) is 5.75 Å². The van der Waals surface area contributed by atoms with Gasteiger partial charge in [-0.25, -0.2) is 0 Å². The molecule has 182 valence electrons. The van der Waals surface area contributed by atoms with Crippen LogP contribution in [0, 0.1) is 11.8 Å². The maximum absolute atomic E-state index is 6.01. The lowest BCUT2D eigenvalue weighted by atomic mass is 10.0. The zero-order chi connectivity index (χ0) is 23.3. The van der Waals surface area contributed by atoms with Crippen LogP contribution in [0.1, 0.15) is 90.4 Å². The SMILES string of the molecule is CCCCCC1COC(c2ccc(-c3ccc(OCCCCCC(C)CC)cc3)cc2)OC1. The fraction of sp³-hybridized carbons (Fsp3) is 0.600. The highest BCUT2D eigenvalue weighted by molar-refractivity contribution is 5.64. The minimum absolute atomic E-state index is 0.234. The number of rotatable bonds is 14. The Bertz CT molecular complexity index is 760. The fourth-order valence-electron chi connectivity index (χ4n) is 4.33. The summed E-state index contributed by atoms with van der Waals surface area (Å²) in [6, 6.07) is 17.0. The van der Waals surface area contributed by atoms with Gasteiger partial charge in [0.2, 0.25) is 0 Å². The van der Waals surface area contributed by atoms with E-state index in [0.29, 0.717) is 5.92 Å². The highest BCUT2D eigenvalue weighted by Gasteiger charge is 2.23. The summed E-state index contributed by atoms with van der Waals surface area (Å²) < 4.78 is 18.0. The topological polar surface area (TPSA) is 27.7 Å². The molecule has 3 nitrogen and oxygen atoms in total. The molecule has 0 spiro atoms. The molecule has 1 saturated heterocycles. The zero-order valence-corrected chi connectivity index (χ0v) is 21.1. The third-order valence-corrected chi connectivity index (χ3v) is 6.86. The van der Waals surface area contributed by atoms with Gasteiger partial charge in [0.1, 0.15) is 5.75 Å². The Hall–Kier alpha value is -1.84. The molecule has 33 heavy (non-hydrogen) atoms. The molecule has 0 aromatic heterocycles. The molecule has 1 aliphatic rings. The molecule has 0 saturated carbocycles. The number of benzene rings is 2. The van der Waals surface area contributed by atoms with Gasteiger partial charge >= 0.3 is 0 Å². The predicted octanol–water partition coefficient (Wildman–Crippen LogP) is 8.58. The van der Waals surface area contributed by atoms with Crippen LogP contribution in [0.15, 0.2) is 48.5 Å². The van der Waals surface area contributed by atoms with Crippen molar-refractivity contribution in [1.29, 1.82) is 0 Å². The molecule has 3 rings (SSSR count). The van der Waals surface area contributed by atoms with Gasteiger partial charge in [-0.1, -0.05) is 102 Å². The lowest BCUT2D eigenvalue weighted by Gasteiger charge is -2.29. The number of hydrogen-bond donors (Lipinski definition) is 0. The van der Waals surface area contributed by atoms with Gasteiger partial charge in [-0.3, -0.25) is 0 Å². The molecule has 0 N–H and O–H groups in total. The highest BCUT2D eigenvalue weighted by atomic mass is 16.7. The summed E-state index contributed by atoms with van der Waals surface area (Å²) in [4.78, 5) is 0. The van der Waals surface area contributed by atoms with Crippen molar-refractivity contribution in [2.75, 3.05) is 19.8 Å². The first-order chi connectivity index (χ1) is 16.2. The van der Waals surface area contributed by atoms with Crippen LogP contribution in [-0.4, -0.2) is 19.8 Å². The zero-order valence-electron chi connectivity index (χ0n) is 21.1. The van der Waals surface area contributed by atoms with Crippen LogP contribution in [0.2, 0.25) is 0 Å². The second-order valence-electron chi connectivity index (χ2n) is 9.72. The van der Waals surface area contributed by atoms with Gasteiger partial charge in [0, 0.05) is 11.5 Å². The Labute approximate surface area is 201 Å². The molecule has 2 aromatic rings. The van der Waals surface area contributed by atoms with Crippen molar-refractivity contribution >= 4 is 0 Å². The van der Waals surface area contributed by atoms with Gasteiger partial charge in [0.25, 0.3) is 0 Å². The third kappa shape index (κ3) is 8.79. The Morgan fingerprint density at radius 3 is 2.12 bits per heavy atom. The van der Waals surface area contributed by atoms with Crippen molar-refractivity contribution in [3.8, 4) is 16.9 Å². The van der Waals surface area contributed by atoms with Crippen LogP contribution in [0.4, 0.5) is 0 Å².